The molecule has 82 valence electrons. The fourth-order valence-electron chi connectivity index (χ4n) is 2.29. The summed E-state index contributed by atoms with van der Waals surface area (Å²) in [6, 6.07) is 0. The van der Waals surface area contributed by atoms with Crippen molar-refractivity contribution in [3.05, 3.63) is 18.7 Å². The molecule has 1 aromatic heterocycles. The molecule has 15 heavy (non-hydrogen) atoms. The molecule has 0 saturated heterocycles. The largest absolute Gasteiger partial charge is 0.337 e. The summed E-state index contributed by atoms with van der Waals surface area (Å²) in [6.45, 7) is 0.787. The molecule has 0 aliphatic heterocycles. The minimum atomic E-state index is 0.349. The summed E-state index contributed by atoms with van der Waals surface area (Å²) < 4.78 is 1.97. The number of aryl methyl sites for hydroxylation is 1. The molecule has 0 unspecified atom stereocenters. The first-order valence-corrected chi connectivity index (χ1v) is 5.85. The van der Waals surface area contributed by atoms with Gasteiger partial charge in [0.05, 0.1) is 6.33 Å². The van der Waals surface area contributed by atoms with E-state index in [2.05, 4.69) is 4.98 Å². The van der Waals surface area contributed by atoms with Crippen LogP contribution in [0, 0.1) is 5.92 Å². The molecule has 1 aromatic rings. The van der Waals surface area contributed by atoms with Gasteiger partial charge in [-0.3, -0.25) is 4.79 Å². The van der Waals surface area contributed by atoms with E-state index in [0.717, 1.165) is 19.4 Å². The minimum Gasteiger partial charge on any atom is -0.337 e. The minimum absolute atomic E-state index is 0.349. The van der Waals surface area contributed by atoms with Crippen LogP contribution >= 0.6 is 0 Å². The molecular weight excluding hydrogens is 188 g/mol. The average Bonchev–Trinajstić information content (AvgIpc) is 2.80. The maximum atomic E-state index is 11.9. The monoisotopic (exact) mass is 206 g/mol. The van der Waals surface area contributed by atoms with E-state index in [1.807, 2.05) is 10.8 Å². The van der Waals surface area contributed by atoms with Crippen molar-refractivity contribution in [3.8, 4) is 0 Å². The number of carbonyl (C=O) groups is 1. The van der Waals surface area contributed by atoms with Gasteiger partial charge >= 0.3 is 0 Å². The lowest BCUT2D eigenvalue weighted by atomic mass is 9.85. The van der Waals surface area contributed by atoms with E-state index in [1.54, 1.807) is 12.5 Å². The van der Waals surface area contributed by atoms with Crippen molar-refractivity contribution in [2.24, 2.45) is 5.92 Å². The molecular formula is C12H18N2O. The van der Waals surface area contributed by atoms with Gasteiger partial charge in [-0.05, 0) is 12.8 Å². The molecule has 3 nitrogen and oxygen atoms in total. The molecule has 3 heteroatoms. The number of rotatable bonds is 4. The quantitative estimate of drug-likeness (QED) is 0.758. The van der Waals surface area contributed by atoms with Crippen LogP contribution in [-0.2, 0) is 11.3 Å². The van der Waals surface area contributed by atoms with E-state index in [4.69, 9.17) is 0 Å². The molecule has 0 atom stereocenters. The number of carbonyl (C=O) groups excluding carboxylic acids is 1. The van der Waals surface area contributed by atoms with Crippen LogP contribution in [0.4, 0.5) is 0 Å². The normalized spacial score (nSPS) is 17.9. The molecule has 2 rings (SSSR count). The maximum Gasteiger partial charge on any atom is 0.137 e. The summed E-state index contributed by atoms with van der Waals surface area (Å²) in [4.78, 5) is 15.8. The average molecular weight is 206 g/mol. The van der Waals surface area contributed by atoms with Crippen LogP contribution in [-0.4, -0.2) is 15.3 Å². The molecule has 1 heterocycles. The number of Topliss-reactive ketones (excluding diaryl/α,β-unsaturated/α-hetero) is 1. The van der Waals surface area contributed by atoms with Crippen molar-refractivity contribution in [1.29, 1.82) is 0 Å². The van der Waals surface area contributed by atoms with Gasteiger partial charge in [-0.1, -0.05) is 19.3 Å². The Labute approximate surface area is 90.5 Å². The Morgan fingerprint density at radius 3 is 2.80 bits per heavy atom. The Bertz CT molecular complexity index is 299. The van der Waals surface area contributed by atoms with Crippen molar-refractivity contribution in [2.75, 3.05) is 0 Å². The highest BCUT2D eigenvalue weighted by atomic mass is 16.1. The maximum absolute atomic E-state index is 11.9. The second-order valence-electron chi connectivity index (χ2n) is 4.35. The third-order valence-electron chi connectivity index (χ3n) is 3.24. The zero-order valence-electron chi connectivity index (χ0n) is 9.06. The fraction of sp³-hybridized carbons (Fsp3) is 0.667. The molecule has 0 spiro atoms. The first-order valence-electron chi connectivity index (χ1n) is 5.85. The van der Waals surface area contributed by atoms with Crippen LogP contribution in [0.5, 0.6) is 0 Å². The van der Waals surface area contributed by atoms with Gasteiger partial charge in [-0.15, -0.1) is 0 Å². The number of ketones is 1. The first kappa shape index (κ1) is 10.4. The van der Waals surface area contributed by atoms with Crippen molar-refractivity contribution >= 4 is 5.78 Å². The summed E-state index contributed by atoms with van der Waals surface area (Å²) in [5.74, 6) is 0.797. The van der Waals surface area contributed by atoms with Crippen LogP contribution in [0.15, 0.2) is 18.7 Å². The molecule has 1 aliphatic carbocycles. The van der Waals surface area contributed by atoms with Crippen LogP contribution in [0.2, 0.25) is 0 Å². The Kier molecular flexibility index (Phi) is 3.54. The van der Waals surface area contributed by atoms with Gasteiger partial charge in [0.1, 0.15) is 5.78 Å². The second-order valence-corrected chi connectivity index (χ2v) is 4.35. The molecule has 1 saturated carbocycles. The first-order chi connectivity index (χ1) is 7.36. The van der Waals surface area contributed by atoms with Gasteiger partial charge in [0.25, 0.3) is 0 Å². The Balaban J connectivity index is 1.76. The highest BCUT2D eigenvalue weighted by Gasteiger charge is 2.20. The molecule has 0 aromatic carbocycles. The van der Waals surface area contributed by atoms with Crippen LogP contribution < -0.4 is 0 Å². The summed E-state index contributed by atoms with van der Waals surface area (Å²) in [5, 5.41) is 0. The molecule has 1 aliphatic rings. The third-order valence-corrected chi connectivity index (χ3v) is 3.24. The van der Waals surface area contributed by atoms with E-state index in [1.165, 1.54) is 19.3 Å². The summed E-state index contributed by atoms with van der Waals surface area (Å²) in [6.07, 6.45) is 12.1. The second kappa shape index (κ2) is 5.10. The summed E-state index contributed by atoms with van der Waals surface area (Å²) >= 11 is 0. The zero-order valence-corrected chi connectivity index (χ0v) is 9.06. The van der Waals surface area contributed by atoms with Crippen molar-refractivity contribution < 1.29 is 4.79 Å². The Morgan fingerprint density at radius 2 is 2.13 bits per heavy atom. The molecule has 1 fully saturated rings. The molecule has 0 N–H and O–H groups in total. The third kappa shape index (κ3) is 2.91. The number of hydrogen-bond acceptors (Lipinski definition) is 2. The van der Waals surface area contributed by atoms with Gasteiger partial charge in [0.15, 0.2) is 0 Å². The lowest BCUT2D eigenvalue weighted by Gasteiger charge is -2.20. The smallest absolute Gasteiger partial charge is 0.137 e. The van der Waals surface area contributed by atoms with E-state index in [-0.39, 0.29) is 0 Å². The van der Waals surface area contributed by atoms with E-state index in [9.17, 15) is 4.79 Å². The number of aromatic nitrogens is 2. The topological polar surface area (TPSA) is 34.9 Å². The van der Waals surface area contributed by atoms with Crippen molar-refractivity contribution in [3.63, 3.8) is 0 Å². The summed E-state index contributed by atoms with van der Waals surface area (Å²) in [5.41, 5.74) is 0. The van der Waals surface area contributed by atoms with Crippen LogP contribution in [0.25, 0.3) is 0 Å². The fourth-order valence-corrected chi connectivity index (χ4v) is 2.29. The van der Waals surface area contributed by atoms with E-state index in [0.29, 0.717) is 18.1 Å². The lowest BCUT2D eigenvalue weighted by molar-refractivity contribution is -0.124. The predicted octanol–water partition coefficient (Wildman–Crippen LogP) is 2.42. The van der Waals surface area contributed by atoms with Gasteiger partial charge in [0.2, 0.25) is 0 Å². The van der Waals surface area contributed by atoms with E-state index >= 15 is 0 Å². The standard InChI is InChI=1S/C12H18N2O/c15-12(11-4-2-1-3-5-11)6-8-14-9-7-13-10-14/h7,9-11H,1-6,8H2. The number of imidazole rings is 1. The summed E-state index contributed by atoms with van der Waals surface area (Å²) in [7, 11) is 0. The van der Waals surface area contributed by atoms with Crippen molar-refractivity contribution in [1.82, 2.24) is 9.55 Å². The van der Waals surface area contributed by atoms with Crippen LogP contribution in [0.1, 0.15) is 38.5 Å². The van der Waals surface area contributed by atoms with Gasteiger partial charge in [0, 0.05) is 31.3 Å². The highest BCUT2D eigenvalue weighted by Crippen LogP contribution is 2.25. The van der Waals surface area contributed by atoms with Crippen molar-refractivity contribution in [2.45, 2.75) is 45.1 Å². The highest BCUT2D eigenvalue weighted by molar-refractivity contribution is 5.80. The Morgan fingerprint density at radius 1 is 1.33 bits per heavy atom. The van der Waals surface area contributed by atoms with Crippen LogP contribution in [0.3, 0.4) is 0 Å². The van der Waals surface area contributed by atoms with Gasteiger partial charge in [-0.2, -0.15) is 0 Å². The van der Waals surface area contributed by atoms with Gasteiger partial charge < -0.3 is 4.57 Å². The molecule has 0 bridgehead atoms. The molecule has 0 amide bonds. The van der Waals surface area contributed by atoms with E-state index < -0.39 is 0 Å². The Hall–Kier alpha value is -1.12. The zero-order chi connectivity index (χ0) is 10.5. The number of nitrogens with zero attached hydrogens (tertiary/aromatic N) is 2. The van der Waals surface area contributed by atoms with Gasteiger partial charge in [-0.25, -0.2) is 4.98 Å². The molecule has 0 radical (unpaired) electrons. The predicted molar refractivity (Wildman–Crippen MR) is 58.4 cm³/mol. The number of hydrogen-bond donors (Lipinski definition) is 0. The lowest BCUT2D eigenvalue weighted by Crippen LogP contribution is -2.18. The SMILES string of the molecule is O=C(CCn1ccnc1)C1CCCCC1.